The van der Waals surface area contributed by atoms with Gasteiger partial charge >= 0.3 is 5.76 Å². The Morgan fingerprint density at radius 3 is 2.69 bits per heavy atom. The van der Waals surface area contributed by atoms with Crippen LogP contribution in [0.2, 0.25) is 5.02 Å². The quantitative estimate of drug-likeness (QED) is 0.515. The summed E-state index contributed by atoms with van der Waals surface area (Å²) in [4.78, 5) is 20.6. The van der Waals surface area contributed by atoms with E-state index in [1.54, 1.807) is 17.4 Å². The van der Waals surface area contributed by atoms with Crippen molar-refractivity contribution in [1.82, 2.24) is 14.3 Å². The van der Waals surface area contributed by atoms with Crippen molar-refractivity contribution < 1.29 is 12.8 Å². The number of aromatic amines is 1. The molecular weight excluding hydrogens is 436 g/mol. The predicted octanol–water partition coefficient (Wildman–Crippen LogP) is 2.90. The van der Waals surface area contributed by atoms with Gasteiger partial charge in [0.25, 0.3) is 0 Å². The van der Waals surface area contributed by atoms with Gasteiger partial charge in [-0.2, -0.15) is 4.31 Å². The van der Waals surface area contributed by atoms with Crippen molar-refractivity contribution in [3.63, 3.8) is 0 Å². The SMILES string of the molecule is O=c1[nH]c2ccc(S(=O)(=O)N3CCN(c4nc5ccc(Cl)cc5s4)CC3)cc2o1. The first-order valence-electron chi connectivity index (χ1n) is 8.84. The summed E-state index contributed by atoms with van der Waals surface area (Å²) in [6.07, 6.45) is 0. The fourth-order valence-electron chi connectivity index (χ4n) is 3.38. The first-order valence-corrected chi connectivity index (χ1v) is 11.5. The zero-order chi connectivity index (χ0) is 20.2. The number of anilines is 1. The highest BCUT2D eigenvalue weighted by atomic mass is 35.5. The monoisotopic (exact) mass is 450 g/mol. The number of hydrogen-bond donors (Lipinski definition) is 1. The van der Waals surface area contributed by atoms with Crippen LogP contribution in [-0.4, -0.2) is 48.9 Å². The third-order valence-electron chi connectivity index (χ3n) is 4.88. The summed E-state index contributed by atoms with van der Waals surface area (Å²) >= 11 is 7.59. The average Bonchev–Trinajstić information content (AvgIpc) is 3.29. The fourth-order valence-corrected chi connectivity index (χ4v) is 6.11. The molecule has 1 fully saturated rings. The van der Waals surface area contributed by atoms with Gasteiger partial charge in [0.2, 0.25) is 10.0 Å². The van der Waals surface area contributed by atoms with Gasteiger partial charge in [-0.05, 0) is 30.3 Å². The molecule has 0 bridgehead atoms. The van der Waals surface area contributed by atoms with Gasteiger partial charge in [-0.3, -0.25) is 4.98 Å². The molecule has 1 aliphatic heterocycles. The number of piperazine rings is 1. The van der Waals surface area contributed by atoms with Gasteiger partial charge in [-0.1, -0.05) is 22.9 Å². The minimum Gasteiger partial charge on any atom is -0.408 e. The number of sulfonamides is 1. The summed E-state index contributed by atoms with van der Waals surface area (Å²) in [7, 11) is -3.68. The third kappa shape index (κ3) is 3.31. The van der Waals surface area contributed by atoms with E-state index < -0.39 is 15.8 Å². The predicted molar refractivity (Wildman–Crippen MR) is 112 cm³/mol. The molecule has 3 heterocycles. The van der Waals surface area contributed by atoms with Gasteiger partial charge < -0.3 is 9.32 Å². The van der Waals surface area contributed by atoms with E-state index in [0.29, 0.717) is 36.7 Å². The van der Waals surface area contributed by atoms with E-state index in [2.05, 4.69) is 14.9 Å². The lowest BCUT2D eigenvalue weighted by Crippen LogP contribution is -2.48. The number of thiazole rings is 1. The normalized spacial score (nSPS) is 16.1. The Morgan fingerprint density at radius 2 is 1.90 bits per heavy atom. The second-order valence-electron chi connectivity index (χ2n) is 6.67. The maximum atomic E-state index is 13.0. The van der Waals surface area contributed by atoms with Gasteiger partial charge in [-0.15, -0.1) is 0 Å². The zero-order valence-electron chi connectivity index (χ0n) is 15.0. The van der Waals surface area contributed by atoms with Gasteiger partial charge in [-0.25, -0.2) is 18.2 Å². The molecule has 0 amide bonds. The number of H-pyrrole nitrogens is 1. The van der Waals surface area contributed by atoms with Crippen molar-refractivity contribution in [3.8, 4) is 0 Å². The van der Waals surface area contributed by atoms with E-state index in [1.165, 1.54) is 22.5 Å². The van der Waals surface area contributed by atoms with Crippen LogP contribution in [0.5, 0.6) is 0 Å². The molecule has 1 aliphatic rings. The molecule has 11 heteroatoms. The summed E-state index contributed by atoms with van der Waals surface area (Å²) in [5, 5.41) is 1.52. The van der Waals surface area contributed by atoms with Crippen LogP contribution in [0.3, 0.4) is 0 Å². The van der Waals surface area contributed by atoms with Crippen LogP contribution < -0.4 is 10.7 Å². The minimum absolute atomic E-state index is 0.107. The van der Waals surface area contributed by atoms with Crippen LogP contribution in [0.15, 0.2) is 50.5 Å². The zero-order valence-corrected chi connectivity index (χ0v) is 17.4. The number of halogens is 1. The van der Waals surface area contributed by atoms with Crippen LogP contribution >= 0.6 is 22.9 Å². The Kier molecular flexibility index (Phi) is 4.39. The first kappa shape index (κ1) is 18.6. The highest BCUT2D eigenvalue weighted by Gasteiger charge is 2.30. The van der Waals surface area contributed by atoms with Crippen molar-refractivity contribution in [2.45, 2.75) is 4.90 Å². The Labute approximate surface area is 174 Å². The number of nitrogens with one attached hydrogen (secondary N) is 1. The summed E-state index contributed by atoms with van der Waals surface area (Å²) in [6, 6.07) is 9.97. The van der Waals surface area contributed by atoms with Gasteiger partial charge in [0.05, 0.1) is 20.6 Å². The Balaban J connectivity index is 1.36. The standard InChI is InChI=1S/C18H15ClN4O4S2/c19-11-1-3-14-16(9-11)28-17(20-14)22-5-7-23(8-6-22)29(25,26)12-2-4-13-15(10-12)27-18(24)21-13/h1-4,9-10H,5-8H2,(H,21,24). The largest absolute Gasteiger partial charge is 0.417 e. The molecule has 4 aromatic rings. The molecule has 0 unspecified atom stereocenters. The first-order chi connectivity index (χ1) is 13.9. The topological polar surface area (TPSA) is 99.5 Å². The Bertz CT molecular complexity index is 1380. The lowest BCUT2D eigenvalue weighted by atomic mass is 10.3. The molecule has 0 atom stereocenters. The van der Waals surface area contributed by atoms with E-state index in [9.17, 15) is 13.2 Å². The number of nitrogens with zero attached hydrogens (tertiary/aromatic N) is 3. The van der Waals surface area contributed by atoms with E-state index in [1.807, 2.05) is 12.1 Å². The van der Waals surface area contributed by atoms with E-state index in [4.69, 9.17) is 16.0 Å². The number of benzene rings is 2. The molecule has 1 saturated heterocycles. The highest BCUT2D eigenvalue weighted by molar-refractivity contribution is 7.89. The maximum Gasteiger partial charge on any atom is 0.417 e. The molecule has 29 heavy (non-hydrogen) atoms. The van der Waals surface area contributed by atoms with Crippen LogP contribution in [0.25, 0.3) is 21.3 Å². The molecule has 0 spiro atoms. The van der Waals surface area contributed by atoms with Crippen molar-refractivity contribution in [2.75, 3.05) is 31.1 Å². The maximum absolute atomic E-state index is 13.0. The van der Waals surface area contributed by atoms with E-state index >= 15 is 0 Å². The number of aromatic nitrogens is 2. The Hall–Kier alpha value is -2.40. The summed E-state index contributed by atoms with van der Waals surface area (Å²) < 4.78 is 33.5. The lowest BCUT2D eigenvalue weighted by molar-refractivity contribution is 0.385. The van der Waals surface area contributed by atoms with Crippen LogP contribution in [0.1, 0.15) is 0 Å². The van der Waals surface area contributed by atoms with Crippen molar-refractivity contribution >= 4 is 59.4 Å². The molecule has 1 N–H and O–H groups in total. The van der Waals surface area contributed by atoms with Gasteiger partial charge in [0, 0.05) is 37.3 Å². The lowest BCUT2D eigenvalue weighted by Gasteiger charge is -2.33. The smallest absolute Gasteiger partial charge is 0.408 e. The molecule has 2 aromatic heterocycles. The van der Waals surface area contributed by atoms with Crippen LogP contribution in [-0.2, 0) is 10.0 Å². The number of rotatable bonds is 3. The number of hydrogen-bond acceptors (Lipinski definition) is 7. The number of fused-ring (bicyclic) bond motifs is 2. The van der Waals surface area contributed by atoms with Gasteiger partial charge in [0.1, 0.15) is 0 Å². The van der Waals surface area contributed by atoms with Crippen LogP contribution in [0.4, 0.5) is 5.13 Å². The molecule has 0 saturated carbocycles. The summed E-state index contributed by atoms with van der Waals surface area (Å²) in [6.45, 7) is 1.75. The molecule has 150 valence electrons. The second kappa shape index (κ2) is 6.84. The molecule has 0 aliphatic carbocycles. The summed E-state index contributed by atoms with van der Waals surface area (Å²) in [5.41, 5.74) is 1.57. The molecule has 8 nitrogen and oxygen atoms in total. The van der Waals surface area contributed by atoms with Crippen molar-refractivity contribution in [2.24, 2.45) is 0 Å². The van der Waals surface area contributed by atoms with Crippen molar-refractivity contribution in [3.05, 3.63) is 52.0 Å². The number of oxazole rings is 1. The fraction of sp³-hybridized carbons (Fsp3) is 0.222. The summed E-state index contributed by atoms with van der Waals surface area (Å²) in [5.74, 6) is -0.611. The molecular formula is C18H15ClN4O4S2. The van der Waals surface area contributed by atoms with Crippen molar-refractivity contribution in [1.29, 1.82) is 0 Å². The average molecular weight is 451 g/mol. The van der Waals surface area contributed by atoms with E-state index in [0.717, 1.165) is 15.3 Å². The second-order valence-corrected chi connectivity index (χ2v) is 10.1. The third-order valence-corrected chi connectivity index (χ3v) is 8.09. The Morgan fingerprint density at radius 1 is 1.10 bits per heavy atom. The highest BCUT2D eigenvalue weighted by Crippen LogP contribution is 2.31. The molecule has 5 rings (SSSR count). The van der Waals surface area contributed by atoms with Gasteiger partial charge in [0.15, 0.2) is 10.7 Å². The van der Waals surface area contributed by atoms with Crippen LogP contribution in [0, 0.1) is 0 Å². The molecule has 0 radical (unpaired) electrons. The van der Waals surface area contributed by atoms with E-state index in [-0.39, 0.29) is 10.5 Å². The molecule has 2 aromatic carbocycles. The minimum atomic E-state index is -3.68.